The van der Waals surface area contributed by atoms with E-state index in [1.807, 2.05) is 0 Å². The van der Waals surface area contributed by atoms with E-state index < -0.39 is 15.8 Å². The SMILES string of the molecule is CNCc1ccc(F)c(S(=O)(=O)N(C)C(C)COC)c1. The summed E-state index contributed by atoms with van der Waals surface area (Å²) in [6.45, 7) is 2.42. The molecule has 0 fully saturated rings. The monoisotopic (exact) mass is 304 g/mol. The Balaban J connectivity index is 3.17. The molecule has 0 aliphatic rings. The molecule has 0 amide bonds. The van der Waals surface area contributed by atoms with E-state index in [9.17, 15) is 12.8 Å². The molecule has 0 saturated heterocycles. The van der Waals surface area contributed by atoms with Gasteiger partial charge in [0.25, 0.3) is 0 Å². The number of benzene rings is 1. The molecule has 1 aromatic carbocycles. The minimum absolute atomic E-state index is 0.244. The lowest BCUT2D eigenvalue weighted by Crippen LogP contribution is -2.38. The van der Waals surface area contributed by atoms with E-state index >= 15 is 0 Å². The number of ether oxygens (including phenoxy) is 1. The van der Waals surface area contributed by atoms with Gasteiger partial charge in [0.2, 0.25) is 10.0 Å². The predicted octanol–water partition coefficient (Wildman–Crippen LogP) is 1.20. The molecule has 5 nitrogen and oxygen atoms in total. The van der Waals surface area contributed by atoms with Gasteiger partial charge in [-0.2, -0.15) is 4.31 Å². The first-order valence-corrected chi connectivity index (χ1v) is 7.68. The molecule has 7 heteroatoms. The van der Waals surface area contributed by atoms with Gasteiger partial charge in [0.05, 0.1) is 6.61 Å². The largest absolute Gasteiger partial charge is 0.383 e. The first-order valence-electron chi connectivity index (χ1n) is 6.24. The van der Waals surface area contributed by atoms with E-state index in [4.69, 9.17) is 4.74 Å². The van der Waals surface area contributed by atoms with E-state index in [1.165, 1.54) is 26.3 Å². The third kappa shape index (κ3) is 3.76. The van der Waals surface area contributed by atoms with E-state index in [0.29, 0.717) is 12.1 Å². The number of sulfonamides is 1. The maximum Gasteiger partial charge on any atom is 0.246 e. The van der Waals surface area contributed by atoms with Crippen LogP contribution < -0.4 is 5.32 Å². The smallest absolute Gasteiger partial charge is 0.246 e. The zero-order valence-electron chi connectivity index (χ0n) is 12.2. The number of methoxy groups -OCH3 is 1. The Morgan fingerprint density at radius 1 is 1.45 bits per heavy atom. The molecule has 0 saturated carbocycles. The minimum atomic E-state index is -3.88. The van der Waals surface area contributed by atoms with Gasteiger partial charge in [0.1, 0.15) is 10.7 Å². The van der Waals surface area contributed by atoms with Gasteiger partial charge in [-0.1, -0.05) is 6.07 Å². The van der Waals surface area contributed by atoms with Crippen molar-refractivity contribution in [1.82, 2.24) is 9.62 Å². The topological polar surface area (TPSA) is 58.6 Å². The fourth-order valence-corrected chi connectivity index (χ4v) is 3.26. The van der Waals surface area contributed by atoms with E-state index in [0.717, 1.165) is 4.31 Å². The van der Waals surface area contributed by atoms with Crippen molar-refractivity contribution in [2.75, 3.05) is 27.8 Å². The summed E-state index contributed by atoms with van der Waals surface area (Å²) in [7, 11) is 0.770. The molecule has 0 radical (unpaired) electrons. The minimum Gasteiger partial charge on any atom is -0.383 e. The third-order valence-electron chi connectivity index (χ3n) is 3.06. The summed E-state index contributed by atoms with van der Waals surface area (Å²) >= 11 is 0. The Morgan fingerprint density at radius 3 is 2.65 bits per heavy atom. The van der Waals surface area contributed by atoms with Gasteiger partial charge in [-0.05, 0) is 31.7 Å². The maximum atomic E-state index is 13.9. The zero-order valence-corrected chi connectivity index (χ0v) is 13.0. The number of likely N-dealkylation sites (N-methyl/N-ethyl adjacent to an activating group) is 1. The van der Waals surface area contributed by atoms with Crippen molar-refractivity contribution in [3.05, 3.63) is 29.6 Å². The number of rotatable bonds is 7. The Hall–Kier alpha value is -1.02. The Labute approximate surface area is 119 Å². The molecule has 1 N–H and O–H groups in total. The molecule has 0 spiro atoms. The number of halogens is 1. The van der Waals surface area contributed by atoms with Crippen LogP contribution in [-0.4, -0.2) is 46.6 Å². The van der Waals surface area contributed by atoms with Crippen LogP contribution in [0.5, 0.6) is 0 Å². The highest BCUT2D eigenvalue weighted by atomic mass is 32.2. The van der Waals surface area contributed by atoms with Gasteiger partial charge in [0.15, 0.2) is 0 Å². The van der Waals surface area contributed by atoms with Crippen LogP contribution in [0, 0.1) is 5.82 Å². The highest BCUT2D eigenvalue weighted by Gasteiger charge is 2.28. The van der Waals surface area contributed by atoms with Crippen LogP contribution in [0.4, 0.5) is 4.39 Å². The molecule has 0 heterocycles. The van der Waals surface area contributed by atoms with Gasteiger partial charge in [-0.25, -0.2) is 12.8 Å². The van der Waals surface area contributed by atoms with Gasteiger partial charge in [0, 0.05) is 26.7 Å². The summed E-state index contributed by atoms with van der Waals surface area (Å²) in [5.74, 6) is -0.749. The molecule has 114 valence electrons. The molecule has 0 bridgehead atoms. The molecular formula is C13H21FN2O3S. The molecule has 1 aromatic rings. The number of hydrogen-bond acceptors (Lipinski definition) is 4. The summed E-state index contributed by atoms with van der Waals surface area (Å²) in [6, 6.07) is 3.71. The first-order chi connectivity index (χ1) is 9.34. The lowest BCUT2D eigenvalue weighted by Gasteiger charge is -2.24. The van der Waals surface area contributed by atoms with Crippen LogP contribution in [0.3, 0.4) is 0 Å². The van der Waals surface area contributed by atoms with Crippen LogP contribution in [0.15, 0.2) is 23.1 Å². The Bertz CT molecular complexity index is 549. The second-order valence-corrected chi connectivity index (χ2v) is 6.59. The third-order valence-corrected chi connectivity index (χ3v) is 5.05. The van der Waals surface area contributed by atoms with Crippen molar-refractivity contribution in [3.63, 3.8) is 0 Å². The van der Waals surface area contributed by atoms with Gasteiger partial charge in [-0.15, -0.1) is 0 Å². The van der Waals surface area contributed by atoms with Crippen molar-refractivity contribution >= 4 is 10.0 Å². The van der Waals surface area contributed by atoms with Crippen LogP contribution in [0.1, 0.15) is 12.5 Å². The van der Waals surface area contributed by atoms with Crippen molar-refractivity contribution in [1.29, 1.82) is 0 Å². The maximum absolute atomic E-state index is 13.9. The summed E-state index contributed by atoms with van der Waals surface area (Å²) in [4.78, 5) is -0.310. The number of nitrogens with zero attached hydrogens (tertiary/aromatic N) is 1. The van der Waals surface area contributed by atoms with E-state index in [-0.39, 0.29) is 17.5 Å². The van der Waals surface area contributed by atoms with Crippen LogP contribution in [-0.2, 0) is 21.3 Å². The van der Waals surface area contributed by atoms with Crippen molar-refractivity contribution in [2.45, 2.75) is 24.4 Å². The summed E-state index contributed by atoms with van der Waals surface area (Å²) in [5.41, 5.74) is 0.709. The predicted molar refractivity (Wildman–Crippen MR) is 75.5 cm³/mol. The van der Waals surface area contributed by atoms with Gasteiger partial charge >= 0.3 is 0 Å². The summed E-state index contributed by atoms with van der Waals surface area (Å²) in [5, 5.41) is 2.90. The zero-order chi connectivity index (χ0) is 15.3. The highest BCUT2D eigenvalue weighted by Crippen LogP contribution is 2.21. The lowest BCUT2D eigenvalue weighted by atomic mass is 10.2. The number of hydrogen-bond donors (Lipinski definition) is 1. The summed E-state index contributed by atoms with van der Waals surface area (Å²) < 4.78 is 44.8. The summed E-state index contributed by atoms with van der Waals surface area (Å²) in [6.07, 6.45) is 0. The molecule has 0 aliphatic heterocycles. The fraction of sp³-hybridized carbons (Fsp3) is 0.538. The standard InChI is InChI=1S/C13H21FN2O3S/c1-10(9-19-4)16(3)20(17,18)13-7-11(8-15-2)5-6-12(13)14/h5-7,10,15H,8-9H2,1-4H3. The second-order valence-electron chi connectivity index (χ2n) is 4.62. The normalized spacial score (nSPS) is 13.7. The van der Waals surface area contributed by atoms with E-state index in [1.54, 1.807) is 20.0 Å². The van der Waals surface area contributed by atoms with Gasteiger partial charge < -0.3 is 10.1 Å². The molecule has 1 atom stereocenters. The Morgan fingerprint density at radius 2 is 2.10 bits per heavy atom. The van der Waals surface area contributed by atoms with Crippen molar-refractivity contribution in [2.24, 2.45) is 0 Å². The Kier molecular flexibility index (Phi) is 6.07. The molecule has 20 heavy (non-hydrogen) atoms. The van der Waals surface area contributed by atoms with Gasteiger partial charge in [-0.3, -0.25) is 0 Å². The quantitative estimate of drug-likeness (QED) is 0.822. The molecule has 1 rings (SSSR count). The van der Waals surface area contributed by atoms with Crippen LogP contribution >= 0.6 is 0 Å². The molecular weight excluding hydrogens is 283 g/mol. The molecule has 0 aromatic heterocycles. The van der Waals surface area contributed by atoms with E-state index in [2.05, 4.69) is 5.32 Å². The van der Waals surface area contributed by atoms with Crippen LogP contribution in [0.2, 0.25) is 0 Å². The number of nitrogens with one attached hydrogen (secondary N) is 1. The highest BCUT2D eigenvalue weighted by molar-refractivity contribution is 7.89. The first kappa shape index (κ1) is 17.0. The van der Waals surface area contributed by atoms with Crippen molar-refractivity contribution < 1.29 is 17.5 Å². The van der Waals surface area contributed by atoms with Crippen molar-refractivity contribution in [3.8, 4) is 0 Å². The molecule has 0 aliphatic carbocycles. The molecule has 1 unspecified atom stereocenters. The average Bonchev–Trinajstić information content (AvgIpc) is 2.40. The lowest BCUT2D eigenvalue weighted by molar-refractivity contribution is 0.149. The fourth-order valence-electron chi connectivity index (χ4n) is 1.80. The van der Waals surface area contributed by atoms with Crippen LogP contribution in [0.25, 0.3) is 0 Å². The average molecular weight is 304 g/mol. The second kappa shape index (κ2) is 7.12.